The predicted octanol–water partition coefficient (Wildman–Crippen LogP) is 2.68. The van der Waals surface area contributed by atoms with Gasteiger partial charge in [-0.05, 0) is 42.7 Å². The van der Waals surface area contributed by atoms with Gasteiger partial charge in [0.05, 0.1) is 4.88 Å². The lowest BCUT2D eigenvalue weighted by atomic mass is 9.90. The van der Waals surface area contributed by atoms with Crippen LogP contribution in [0.2, 0.25) is 0 Å². The van der Waals surface area contributed by atoms with Gasteiger partial charge in [0.1, 0.15) is 6.04 Å². The molecule has 2 unspecified atom stereocenters. The highest BCUT2D eigenvalue weighted by Crippen LogP contribution is 2.21. The Morgan fingerprint density at radius 2 is 1.89 bits per heavy atom. The average Bonchev–Trinajstić information content (AvgIpc) is 3.23. The van der Waals surface area contributed by atoms with Gasteiger partial charge >= 0.3 is 0 Å². The van der Waals surface area contributed by atoms with Gasteiger partial charge in [0.2, 0.25) is 5.91 Å². The Labute approximate surface area is 164 Å². The van der Waals surface area contributed by atoms with Crippen molar-refractivity contribution >= 4 is 23.2 Å². The van der Waals surface area contributed by atoms with Gasteiger partial charge in [-0.2, -0.15) is 0 Å². The van der Waals surface area contributed by atoms with Crippen molar-refractivity contribution in [3.63, 3.8) is 0 Å². The molecule has 1 aromatic heterocycles. The summed E-state index contributed by atoms with van der Waals surface area (Å²) in [6, 6.07) is 13.0. The molecular weight excluding hydrogens is 358 g/mol. The van der Waals surface area contributed by atoms with E-state index in [-0.39, 0.29) is 17.9 Å². The number of thiophene rings is 1. The van der Waals surface area contributed by atoms with Crippen molar-refractivity contribution in [1.29, 1.82) is 0 Å². The highest BCUT2D eigenvalue weighted by molar-refractivity contribution is 7.12. The number of piperidine rings is 1. The Bertz CT molecular complexity index is 738. The van der Waals surface area contributed by atoms with Crippen LogP contribution in [0.5, 0.6) is 0 Å². The van der Waals surface area contributed by atoms with Crippen molar-refractivity contribution in [2.24, 2.45) is 11.7 Å². The summed E-state index contributed by atoms with van der Waals surface area (Å²) in [5, 5.41) is 4.82. The van der Waals surface area contributed by atoms with Crippen molar-refractivity contribution in [1.82, 2.24) is 10.2 Å². The number of carbonyl (C=O) groups is 2. The summed E-state index contributed by atoms with van der Waals surface area (Å²) in [5.41, 5.74) is 7.05. The molecule has 144 valence electrons. The maximum Gasteiger partial charge on any atom is 0.262 e. The molecule has 27 heavy (non-hydrogen) atoms. The lowest BCUT2D eigenvalue weighted by Gasteiger charge is -2.35. The van der Waals surface area contributed by atoms with Crippen LogP contribution in [0.3, 0.4) is 0 Å². The molecule has 1 aliphatic rings. The molecule has 5 nitrogen and oxygen atoms in total. The Balaban J connectivity index is 1.70. The fraction of sp³-hybridized carbons (Fsp3) is 0.429. The summed E-state index contributed by atoms with van der Waals surface area (Å²) in [6.45, 7) is 3.43. The minimum absolute atomic E-state index is 0.00752. The summed E-state index contributed by atoms with van der Waals surface area (Å²) < 4.78 is 0. The van der Waals surface area contributed by atoms with E-state index in [1.165, 1.54) is 11.3 Å². The molecule has 3 N–H and O–H groups in total. The maximum absolute atomic E-state index is 13.2. The molecule has 1 saturated heterocycles. The number of amides is 2. The Hall–Kier alpha value is -2.18. The van der Waals surface area contributed by atoms with Crippen molar-refractivity contribution in [3.05, 3.63) is 58.3 Å². The molecular formula is C21H27N3O2S. The number of nitrogens with one attached hydrogen (secondary N) is 1. The van der Waals surface area contributed by atoms with Crippen LogP contribution in [0, 0.1) is 5.92 Å². The zero-order valence-electron chi connectivity index (χ0n) is 15.6. The second-order valence-electron chi connectivity index (χ2n) is 7.21. The highest BCUT2D eigenvalue weighted by atomic mass is 32.1. The number of hydrogen-bond donors (Lipinski definition) is 2. The quantitative estimate of drug-likeness (QED) is 0.803. The van der Waals surface area contributed by atoms with E-state index < -0.39 is 6.04 Å². The van der Waals surface area contributed by atoms with Gasteiger partial charge in [-0.1, -0.05) is 36.4 Å². The number of rotatable bonds is 6. The van der Waals surface area contributed by atoms with Crippen molar-refractivity contribution in [2.45, 2.75) is 38.3 Å². The van der Waals surface area contributed by atoms with Gasteiger partial charge < -0.3 is 16.0 Å². The molecule has 2 amide bonds. The second-order valence-corrected chi connectivity index (χ2v) is 8.16. The van der Waals surface area contributed by atoms with Crippen LogP contribution in [0.4, 0.5) is 0 Å². The Morgan fingerprint density at radius 1 is 1.19 bits per heavy atom. The zero-order chi connectivity index (χ0) is 19.2. The second kappa shape index (κ2) is 9.15. The van der Waals surface area contributed by atoms with Crippen molar-refractivity contribution in [2.75, 3.05) is 13.1 Å². The molecule has 3 rings (SSSR count). The van der Waals surface area contributed by atoms with Gasteiger partial charge in [0.15, 0.2) is 0 Å². The van der Waals surface area contributed by atoms with E-state index in [2.05, 4.69) is 5.32 Å². The molecule has 1 aromatic carbocycles. The van der Waals surface area contributed by atoms with Crippen LogP contribution < -0.4 is 11.1 Å². The fourth-order valence-corrected chi connectivity index (χ4v) is 4.18. The first-order valence-electron chi connectivity index (χ1n) is 9.47. The molecule has 0 radical (unpaired) electrons. The van der Waals surface area contributed by atoms with Crippen LogP contribution >= 0.6 is 11.3 Å². The molecule has 1 aliphatic heterocycles. The average molecular weight is 386 g/mol. The van der Waals surface area contributed by atoms with Gasteiger partial charge in [0, 0.05) is 25.6 Å². The summed E-state index contributed by atoms with van der Waals surface area (Å²) in [5.74, 6) is 0.263. The van der Waals surface area contributed by atoms with Crippen molar-refractivity contribution < 1.29 is 9.59 Å². The van der Waals surface area contributed by atoms with E-state index in [0.717, 1.165) is 18.4 Å². The van der Waals surface area contributed by atoms with Gasteiger partial charge in [-0.3, -0.25) is 9.59 Å². The molecule has 0 bridgehead atoms. The van der Waals surface area contributed by atoms with E-state index in [1.54, 1.807) is 6.07 Å². The minimum Gasteiger partial charge on any atom is -0.341 e. The van der Waals surface area contributed by atoms with E-state index >= 15 is 0 Å². The SMILES string of the molecule is CC(N)C1CCN(C(=O)C(Cc2ccccc2)NC(=O)c2cccs2)CC1. The van der Waals surface area contributed by atoms with Crippen LogP contribution in [0.25, 0.3) is 0 Å². The first-order chi connectivity index (χ1) is 13.0. The highest BCUT2D eigenvalue weighted by Gasteiger charge is 2.30. The van der Waals surface area contributed by atoms with Gasteiger partial charge in [0.25, 0.3) is 5.91 Å². The molecule has 2 atom stereocenters. The van der Waals surface area contributed by atoms with E-state index in [4.69, 9.17) is 5.73 Å². The number of carbonyl (C=O) groups excluding carboxylic acids is 2. The Kier molecular flexibility index (Phi) is 6.63. The number of likely N-dealkylation sites (tertiary alicyclic amines) is 1. The first kappa shape index (κ1) is 19.6. The molecule has 1 fully saturated rings. The minimum atomic E-state index is -0.561. The third-order valence-corrected chi connectivity index (χ3v) is 6.09. The summed E-state index contributed by atoms with van der Waals surface area (Å²) in [4.78, 5) is 28.2. The zero-order valence-corrected chi connectivity index (χ0v) is 16.5. The van der Waals surface area contributed by atoms with Gasteiger partial charge in [-0.25, -0.2) is 0 Å². The largest absolute Gasteiger partial charge is 0.341 e. The van der Waals surface area contributed by atoms with Gasteiger partial charge in [-0.15, -0.1) is 11.3 Å². The monoisotopic (exact) mass is 385 g/mol. The summed E-state index contributed by atoms with van der Waals surface area (Å²) in [6.07, 6.45) is 2.32. The van der Waals surface area contributed by atoms with Crippen LogP contribution in [0.15, 0.2) is 47.8 Å². The first-order valence-corrected chi connectivity index (χ1v) is 10.3. The lowest BCUT2D eigenvalue weighted by Crippen LogP contribution is -2.52. The number of hydrogen-bond acceptors (Lipinski definition) is 4. The molecule has 2 heterocycles. The molecule has 6 heteroatoms. The van der Waals surface area contributed by atoms with Crippen LogP contribution in [-0.4, -0.2) is 41.9 Å². The third kappa shape index (κ3) is 5.17. The van der Waals surface area contributed by atoms with Crippen molar-refractivity contribution in [3.8, 4) is 0 Å². The predicted molar refractivity (Wildman–Crippen MR) is 109 cm³/mol. The molecule has 2 aromatic rings. The number of nitrogens with two attached hydrogens (primary N) is 1. The fourth-order valence-electron chi connectivity index (χ4n) is 3.55. The molecule has 0 spiro atoms. The molecule has 0 saturated carbocycles. The smallest absolute Gasteiger partial charge is 0.262 e. The third-order valence-electron chi connectivity index (χ3n) is 5.23. The van der Waals surface area contributed by atoms with Crippen LogP contribution in [0.1, 0.15) is 35.0 Å². The van der Waals surface area contributed by atoms with E-state index in [9.17, 15) is 9.59 Å². The van der Waals surface area contributed by atoms with E-state index in [0.29, 0.717) is 30.3 Å². The van der Waals surface area contributed by atoms with Crippen LogP contribution in [-0.2, 0) is 11.2 Å². The topological polar surface area (TPSA) is 75.4 Å². The number of benzene rings is 1. The standard InChI is InChI=1S/C21H27N3O2S/c1-15(22)17-9-11-24(12-10-17)21(26)18(14-16-6-3-2-4-7-16)23-20(25)19-8-5-13-27-19/h2-8,13,15,17-18H,9-12,14,22H2,1H3,(H,23,25). The molecule has 0 aliphatic carbocycles. The summed E-state index contributed by atoms with van der Waals surface area (Å²) in [7, 11) is 0. The van der Waals surface area contributed by atoms with E-state index in [1.807, 2.05) is 53.6 Å². The number of nitrogens with zero attached hydrogens (tertiary/aromatic N) is 1. The Morgan fingerprint density at radius 3 is 2.48 bits per heavy atom. The lowest BCUT2D eigenvalue weighted by molar-refractivity contribution is -0.134. The maximum atomic E-state index is 13.2. The summed E-state index contributed by atoms with van der Waals surface area (Å²) >= 11 is 1.38. The normalized spacial score (nSPS) is 17.3.